The number of alkyl halides is 3. The maximum Gasteiger partial charge on any atom is 0.405 e. The van der Waals surface area contributed by atoms with E-state index in [2.05, 4.69) is 5.32 Å². The normalized spacial score (nSPS) is 12.9. The number of amides is 1. The molecule has 0 aliphatic rings. The van der Waals surface area contributed by atoms with E-state index in [4.69, 9.17) is 23.2 Å². The van der Waals surface area contributed by atoms with Gasteiger partial charge in [0, 0.05) is 5.02 Å². The summed E-state index contributed by atoms with van der Waals surface area (Å²) in [4.78, 5) is 11.4. The summed E-state index contributed by atoms with van der Waals surface area (Å²) in [5, 5.41) is 5.18. The summed E-state index contributed by atoms with van der Waals surface area (Å²) in [6, 6.07) is 3.69. The van der Waals surface area contributed by atoms with Crippen LogP contribution in [0.2, 0.25) is 10.0 Å². The molecule has 1 unspecified atom stereocenters. The Morgan fingerprint density at radius 2 is 2.00 bits per heavy atom. The molecule has 0 bridgehead atoms. The molecule has 0 heterocycles. The largest absolute Gasteiger partial charge is 0.405 e. The van der Waals surface area contributed by atoms with Crippen LogP contribution >= 0.6 is 23.2 Å². The highest BCUT2D eigenvalue weighted by Gasteiger charge is 2.28. The molecule has 0 aliphatic heterocycles. The molecule has 1 amide bonds. The van der Waals surface area contributed by atoms with Crippen LogP contribution < -0.4 is 10.6 Å². The molecule has 19 heavy (non-hydrogen) atoms. The number of rotatable bonds is 4. The van der Waals surface area contributed by atoms with E-state index in [1.807, 2.05) is 0 Å². The number of nitrogens with one attached hydrogen (secondary N) is 2. The third-order valence-electron chi connectivity index (χ3n) is 2.16. The average Bonchev–Trinajstić information content (AvgIpc) is 2.29. The van der Waals surface area contributed by atoms with Crippen LogP contribution in [0.15, 0.2) is 18.2 Å². The average molecular weight is 315 g/mol. The second-order valence-corrected chi connectivity index (χ2v) is 4.67. The second-order valence-electron chi connectivity index (χ2n) is 3.82. The Balaban J connectivity index is 2.61. The van der Waals surface area contributed by atoms with Gasteiger partial charge in [-0.25, -0.2) is 0 Å². The smallest absolute Gasteiger partial charge is 0.373 e. The van der Waals surface area contributed by atoms with Gasteiger partial charge < -0.3 is 10.6 Å². The number of carbonyl (C=O) groups excluding carboxylic acids is 1. The fourth-order valence-electron chi connectivity index (χ4n) is 1.25. The molecule has 0 saturated heterocycles. The van der Waals surface area contributed by atoms with E-state index < -0.39 is 24.7 Å². The van der Waals surface area contributed by atoms with E-state index in [1.54, 1.807) is 11.4 Å². The topological polar surface area (TPSA) is 41.1 Å². The van der Waals surface area contributed by atoms with E-state index in [-0.39, 0.29) is 0 Å². The van der Waals surface area contributed by atoms with Gasteiger partial charge in [-0.1, -0.05) is 23.2 Å². The molecular formula is C11H11Cl2F3N2O. The number of hydrogen-bond donors (Lipinski definition) is 2. The Bertz CT molecular complexity index is 466. The van der Waals surface area contributed by atoms with Gasteiger partial charge >= 0.3 is 6.18 Å². The van der Waals surface area contributed by atoms with Crippen LogP contribution in [0.3, 0.4) is 0 Å². The van der Waals surface area contributed by atoms with Gasteiger partial charge in [0.15, 0.2) is 0 Å². The summed E-state index contributed by atoms with van der Waals surface area (Å²) in [5.41, 5.74) is 0.379. The Labute approximate surface area is 118 Å². The van der Waals surface area contributed by atoms with Gasteiger partial charge in [-0.3, -0.25) is 4.79 Å². The van der Waals surface area contributed by atoms with Crippen molar-refractivity contribution in [3.63, 3.8) is 0 Å². The van der Waals surface area contributed by atoms with Crippen LogP contribution in [0.25, 0.3) is 0 Å². The molecule has 106 valence electrons. The zero-order valence-electron chi connectivity index (χ0n) is 9.81. The third-order valence-corrected chi connectivity index (χ3v) is 2.72. The van der Waals surface area contributed by atoms with Gasteiger partial charge in [0.1, 0.15) is 12.6 Å². The molecule has 0 aliphatic carbocycles. The molecule has 1 aromatic carbocycles. The predicted octanol–water partition coefficient (Wildman–Crippen LogP) is 3.47. The minimum Gasteiger partial charge on any atom is -0.373 e. The van der Waals surface area contributed by atoms with Crippen molar-refractivity contribution in [2.24, 2.45) is 0 Å². The molecular weight excluding hydrogens is 304 g/mol. The molecule has 0 aromatic heterocycles. The minimum absolute atomic E-state index is 0.319. The van der Waals surface area contributed by atoms with E-state index in [1.165, 1.54) is 19.1 Å². The SMILES string of the molecule is CC(Nc1cc(Cl)ccc1Cl)C(=O)NCC(F)(F)F. The van der Waals surface area contributed by atoms with Crippen molar-refractivity contribution < 1.29 is 18.0 Å². The highest BCUT2D eigenvalue weighted by molar-refractivity contribution is 6.35. The predicted molar refractivity (Wildman–Crippen MR) is 68.6 cm³/mol. The van der Waals surface area contributed by atoms with Crippen molar-refractivity contribution in [2.45, 2.75) is 19.1 Å². The lowest BCUT2D eigenvalue weighted by Crippen LogP contribution is -2.42. The lowest BCUT2D eigenvalue weighted by atomic mass is 10.2. The van der Waals surface area contributed by atoms with Crippen LogP contribution in [0.1, 0.15) is 6.92 Å². The Hall–Kier alpha value is -1.14. The zero-order chi connectivity index (χ0) is 14.6. The fraction of sp³-hybridized carbons (Fsp3) is 0.364. The summed E-state index contributed by atoms with van der Waals surface area (Å²) in [5.74, 6) is -0.784. The van der Waals surface area contributed by atoms with E-state index in [9.17, 15) is 18.0 Å². The van der Waals surface area contributed by atoms with Crippen LogP contribution in [0.5, 0.6) is 0 Å². The quantitative estimate of drug-likeness (QED) is 0.893. The van der Waals surface area contributed by atoms with Gasteiger partial charge in [0.25, 0.3) is 0 Å². The fourth-order valence-corrected chi connectivity index (χ4v) is 1.59. The summed E-state index contributed by atoms with van der Waals surface area (Å²) in [6.45, 7) is 0.0457. The maximum absolute atomic E-state index is 11.9. The molecule has 3 nitrogen and oxygen atoms in total. The van der Waals surface area contributed by atoms with Crippen LogP contribution in [0, 0.1) is 0 Å². The molecule has 8 heteroatoms. The summed E-state index contributed by atoms with van der Waals surface area (Å²) in [7, 11) is 0. The van der Waals surface area contributed by atoms with Crippen molar-refractivity contribution in [3.05, 3.63) is 28.2 Å². The van der Waals surface area contributed by atoms with Crippen molar-refractivity contribution >= 4 is 34.8 Å². The Morgan fingerprint density at radius 1 is 1.37 bits per heavy atom. The maximum atomic E-state index is 11.9. The van der Waals surface area contributed by atoms with Gasteiger partial charge in [-0.2, -0.15) is 13.2 Å². The van der Waals surface area contributed by atoms with Crippen molar-refractivity contribution in [1.29, 1.82) is 0 Å². The molecule has 0 saturated carbocycles. The number of benzene rings is 1. The third kappa shape index (κ3) is 5.57. The summed E-state index contributed by atoms with van der Waals surface area (Å²) < 4.78 is 35.8. The first-order valence-corrected chi connectivity index (χ1v) is 6.00. The molecule has 2 N–H and O–H groups in total. The van der Waals surface area contributed by atoms with Crippen LogP contribution in [0.4, 0.5) is 18.9 Å². The van der Waals surface area contributed by atoms with Gasteiger partial charge in [0.2, 0.25) is 5.91 Å². The number of halogens is 5. The number of carbonyl (C=O) groups is 1. The molecule has 1 rings (SSSR count). The molecule has 0 spiro atoms. The monoisotopic (exact) mass is 314 g/mol. The van der Waals surface area contributed by atoms with Gasteiger partial charge in [0.05, 0.1) is 10.7 Å². The Kier molecular flexibility index (Phi) is 5.31. The summed E-state index contributed by atoms with van der Waals surface area (Å²) >= 11 is 11.6. The standard InChI is InChI=1S/C11H11Cl2F3N2O/c1-6(10(19)17-5-11(14,15)16)18-9-4-7(12)2-3-8(9)13/h2-4,6,18H,5H2,1H3,(H,17,19). The lowest BCUT2D eigenvalue weighted by molar-refractivity contribution is -0.138. The highest BCUT2D eigenvalue weighted by Crippen LogP contribution is 2.26. The van der Waals surface area contributed by atoms with Crippen molar-refractivity contribution in [2.75, 3.05) is 11.9 Å². The first-order valence-electron chi connectivity index (χ1n) is 5.25. The van der Waals surface area contributed by atoms with Gasteiger partial charge in [-0.15, -0.1) is 0 Å². The number of anilines is 1. The van der Waals surface area contributed by atoms with Gasteiger partial charge in [-0.05, 0) is 25.1 Å². The molecule has 1 aromatic rings. The van der Waals surface area contributed by atoms with Crippen molar-refractivity contribution in [1.82, 2.24) is 5.32 Å². The first-order chi connectivity index (χ1) is 8.69. The van der Waals surface area contributed by atoms with Crippen molar-refractivity contribution in [3.8, 4) is 0 Å². The molecule has 0 radical (unpaired) electrons. The minimum atomic E-state index is -4.44. The lowest BCUT2D eigenvalue weighted by Gasteiger charge is -2.17. The van der Waals surface area contributed by atoms with E-state index in [0.29, 0.717) is 15.7 Å². The highest BCUT2D eigenvalue weighted by atomic mass is 35.5. The Morgan fingerprint density at radius 3 is 2.58 bits per heavy atom. The molecule has 1 atom stereocenters. The molecule has 0 fully saturated rings. The van der Waals surface area contributed by atoms with E-state index >= 15 is 0 Å². The number of hydrogen-bond acceptors (Lipinski definition) is 2. The van der Waals surface area contributed by atoms with Crippen LogP contribution in [-0.4, -0.2) is 24.7 Å². The second kappa shape index (κ2) is 6.34. The van der Waals surface area contributed by atoms with Crippen LogP contribution in [-0.2, 0) is 4.79 Å². The first kappa shape index (κ1) is 15.9. The summed E-state index contributed by atoms with van der Waals surface area (Å²) in [6.07, 6.45) is -4.44. The zero-order valence-corrected chi connectivity index (χ0v) is 11.3. The van der Waals surface area contributed by atoms with E-state index in [0.717, 1.165) is 0 Å².